The van der Waals surface area contributed by atoms with Crippen LogP contribution in [0.25, 0.3) is 44.2 Å². The Labute approximate surface area is 165 Å². The van der Waals surface area contributed by atoms with Crippen molar-refractivity contribution >= 4 is 10.8 Å². The molecule has 5 aromatic rings. The Kier molecular flexibility index (Phi) is 4.23. The average Bonchev–Trinajstić information content (AvgIpc) is 2.79. The van der Waals surface area contributed by atoms with Gasteiger partial charge in [-0.05, 0) is 74.5 Å². The van der Waals surface area contributed by atoms with E-state index in [1.807, 2.05) is 12.1 Å². The molecule has 0 aliphatic carbocycles. The van der Waals surface area contributed by atoms with Crippen LogP contribution >= 0.6 is 0 Å². The van der Waals surface area contributed by atoms with Crippen molar-refractivity contribution in [2.45, 2.75) is 0 Å². The number of hydrogen-bond donors (Lipinski definition) is 0. The van der Waals surface area contributed by atoms with E-state index in [4.69, 9.17) is 0 Å². The molecule has 131 valence electrons. The lowest BCUT2D eigenvalue weighted by Gasteiger charge is -2.12. The Morgan fingerprint density at radius 1 is 0.393 bits per heavy atom. The van der Waals surface area contributed by atoms with E-state index < -0.39 is 0 Å². The predicted molar refractivity (Wildman–Crippen MR) is 119 cm³/mol. The smallest absolute Gasteiger partial charge is 0.00992 e. The molecule has 5 rings (SSSR count). The summed E-state index contributed by atoms with van der Waals surface area (Å²) >= 11 is 0. The summed E-state index contributed by atoms with van der Waals surface area (Å²) in [6.07, 6.45) is 0. The van der Waals surface area contributed by atoms with E-state index >= 15 is 0 Å². The zero-order valence-corrected chi connectivity index (χ0v) is 15.5. The van der Waals surface area contributed by atoms with Gasteiger partial charge >= 0.3 is 0 Å². The lowest BCUT2D eigenvalue weighted by atomic mass is 9.92. The first-order valence-corrected chi connectivity index (χ1v) is 9.54. The van der Waals surface area contributed by atoms with Crippen molar-refractivity contribution in [3.8, 4) is 33.4 Å². The van der Waals surface area contributed by atoms with Crippen molar-refractivity contribution in [3.63, 3.8) is 0 Å². The van der Waals surface area contributed by atoms with Gasteiger partial charge in [0, 0.05) is 0 Å². The largest absolute Gasteiger partial charge is 0.0622 e. The molecular weight excluding hydrogens is 336 g/mol. The molecule has 0 nitrogen and oxygen atoms in total. The van der Waals surface area contributed by atoms with Gasteiger partial charge in [-0.15, -0.1) is 0 Å². The van der Waals surface area contributed by atoms with Crippen molar-refractivity contribution in [1.29, 1.82) is 0 Å². The van der Waals surface area contributed by atoms with Gasteiger partial charge in [0.25, 0.3) is 0 Å². The number of fused-ring (bicyclic) bond motifs is 1. The summed E-state index contributed by atoms with van der Waals surface area (Å²) in [7, 11) is 0. The maximum atomic E-state index is 3.37. The SMILES string of the molecule is [c]1ccccc1-c1cc(-c2ccccc2)cc(-c2ccc3ccccc3c2)c1. The quantitative estimate of drug-likeness (QED) is 0.312. The first-order chi connectivity index (χ1) is 13.9. The number of benzene rings is 5. The van der Waals surface area contributed by atoms with Gasteiger partial charge in [0.2, 0.25) is 0 Å². The molecule has 5 aromatic carbocycles. The lowest BCUT2D eigenvalue weighted by molar-refractivity contribution is 1.57. The number of rotatable bonds is 3. The molecule has 0 N–H and O–H groups in total. The van der Waals surface area contributed by atoms with Crippen LogP contribution in [0.4, 0.5) is 0 Å². The highest BCUT2D eigenvalue weighted by Crippen LogP contribution is 2.33. The van der Waals surface area contributed by atoms with Crippen LogP contribution in [0.15, 0.2) is 115 Å². The molecule has 0 spiro atoms. The van der Waals surface area contributed by atoms with E-state index in [2.05, 4.69) is 109 Å². The van der Waals surface area contributed by atoms with Crippen LogP contribution in [0.5, 0.6) is 0 Å². The van der Waals surface area contributed by atoms with Gasteiger partial charge in [-0.25, -0.2) is 0 Å². The van der Waals surface area contributed by atoms with Gasteiger partial charge in [0.05, 0.1) is 0 Å². The van der Waals surface area contributed by atoms with Gasteiger partial charge in [-0.1, -0.05) is 91.0 Å². The van der Waals surface area contributed by atoms with Gasteiger partial charge in [-0.2, -0.15) is 0 Å². The van der Waals surface area contributed by atoms with Crippen molar-refractivity contribution < 1.29 is 0 Å². The summed E-state index contributed by atoms with van der Waals surface area (Å²) in [6.45, 7) is 0. The molecule has 0 saturated heterocycles. The van der Waals surface area contributed by atoms with Crippen molar-refractivity contribution in [3.05, 3.63) is 121 Å². The minimum atomic E-state index is 1.11. The van der Waals surface area contributed by atoms with Gasteiger partial charge < -0.3 is 0 Å². The molecule has 1 radical (unpaired) electrons. The normalized spacial score (nSPS) is 10.9. The number of hydrogen-bond acceptors (Lipinski definition) is 0. The van der Waals surface area contributed by atoms with Gasteiger partial charge in [0.15, 0.2) is 0 Å². The van der Waals surface area contributed by atoms with Crippen molar-refractivity contribution in [2.24, 2.45) is 0 Å². The molecule has 0 heterocycles. The fraction of sp³-hybridized carbons (Fsp3) is 0. The van der Waals surface area contributed by atoms with Crippen LogP contribution in [0.3, 0.4) is 0 Å². The zero-order valence-electron chi connectivity index (χ0n) is 15.5. The van der Waals surface area contributed by atoms with E-state index in [-0.39, 0.29) is 0 Å². The molecule has 0 atom stereocenters. The molecule has 0 heteroatoms. The van der Waals surface area contributed by atoms with E-state index in [0.29, 0.717) is 0 Å². The van der Waals surface area contributed by atoms with Crippen molar-refractivity contribution in [1.82, 2.24) is 0 Å². The Morgan fingerprint density at radius 2 is 1.07 bits per heavy atom. The molecule has 28 heavy (non-hydrogen) atoms. The molecule has 0 saturated carbocycles. The highest BCUT2D eigenvalue weighted by molar-refractivity contribution is 5.89. The summed E-state index contributed by atoms with van der Waals surface area (Å²) in [5, 5.41) is 2.53. The molecule has 0 bridgehead atoms. The fourth-order valence-electron chi connectivity index (χ4n) is 3.69. The standard InChI is InChI=1S/C28H19/c1-3-9-21(10-4-1)26-18-27(22-11-5-2-6-12-22)20-28(19-26)25-16-15-23-13-7-8-14-24(23)17-25/h1-11,13-20H. The van der Waals surface area contributed by atoms with Crippen LogP contribution in [-0.4, -0.2) is 0 Å². The monoisotopic (exact) mass is 355 g/mol. The van der Waals surface area contributed by atoms with E-state index in [0.717, 1.165) is 5.56 Å². The van der Waals surface area contributed by atoms with Crippen LogP contribution in [0, 0.1) is 6.07 Å². The second-order valence-electron chi connectivity index (χ2n) is 7.00. The van der Waals surface area contributed by atoms with Crippen LogP contribution in [0.2, 0.25) is 0 Å². The van der Waals surface area contributed by atoms with E-state index in [9.17, 15) is 0 Å². The minimum Gasteiger partial charge on any atom is -0.0622 e. The first kappa shape index (κ1) is 16.5. The summed E-state index contributed by atoms with van der Waals surface area (Å²) in [5.74, 6) is 0. The zero-order chi connectivity index (χ0) is 18.8. The maximum absolute atomic E-state index is 3.37. The Morgan fingerprint density at radius 3 is 1.86 bits per heavy atom. The predicted octanol–water partition coefficient (Wildman–Crippen LogP) is 7.64. The first-order valence-electron chi connectivity index (χ1n) is 9.54. The lowest BCUT2D eigenvalue weighted by Crippen LogP contribution is -1.86. The average molecular weight is 355 g/mol. The third-order valence-electron chi connectivity index (χ3n) is 5.14. The third kappa shape index (κ3) is 3.21. The molecule has 0 aliphatic heterocycles. The second-order valence-corrected chi connectivity index (χ2v) is 7.00. The summed E-state index contributed by atoms with van der Waals surface area (Å²) in [6, 6.07) is 44.1. The minimum absolute atomic E-state index is 1.11. The molecule has 0 unspecified atom stereocenters. The second kappa shape index (κ2) is 7.17. The highest BCUT2D eigenvalue weighted by atomic mass is 14.1. The molecule has 0 aromatic heterocycles. The van der Waals surface area contributed by atoms with Gasteiger partial charge in [0.1, 0.15) is 0 Å². The van der Waals surface area contributed by atoms with Crippen LogP contribution in [0.1, 0.15) is 0 Å². The molecular formula is C28H19. The summed E-state index contributed by atoms with van der Waals surface area (Å²) < 4.78 is 0. The molecule has 0 amide bonds. The third-order valence-corrected chi connectivity index (χ3v) is 5.14. The van der Waals surface area contributed by atoms with E-state index in [1.165, 1.54) is 38.6 Å². The van der Waals surface area contributed by atoms with Crippen molar-refractivity contribution in [2.75, 3.05) is 0 Å². The summed E-state index contributed by atoms with van der Waals surface area (Å²) in [5.41, 5.74) is 7.20. The van der Waals surface area contributed by atoms with Crippen LogP contribution < -0.4 is 0 Å². The molecule has 0 fully saturated rings. The van der Waals surface area contributed by atoms with Crippen LogP contribution in [-0.2, 0) is 0 Å². The summed E-state index contributed by atoms with van der Waals surface area (Å²) in [4.78, 5) is 0. The molecule has 0 aliphatic rings. The Bertz CT molecular complexity index is 1180. The van der Waals surface area contributed by atoms with E-state index in [1.54, 1.807) is 0 Å². The Balaban J connectivity index is 1.72. The maximum Gasteiger partial charge on any atom is -0.00992 e. The Hall–Kier alpha value is -3.64. The highest BCUT2D eigenvalue weighted by Gasteiger charge is 2.08. The topological polar surface area (TPSA) is 0 Å². The fourth-order valence-corrected chi connectivity index (χ4v) is 3.69. The van der Waals surface area contributed by atoms with Gasteiger partial charge in [-0.3, -0.25) is 0 Å².